The van der Waals surface area contributed by atoms with Crippen molar-refractivity contribution in [2.75, 3.05) is 6.54 Å². The van der Waals surface area contributed by atoms with Crippen LogP contribution in [0.3, 0.4) is 0 Å². The van der Waals surface area contributed by atoms with Gasteiger partial charge in [-0.15, -0.1) is 0 Å². The van der Waals surface area contributed by atoms with Gasteiger partial charge in [0.15, 0.2) is 0 Å². The highest BCUT2D eigenvalue weighted by Crippen LogP contribution is 2.27. The van der Waals surface area contributed by atoms with Crippen LogP contribution in [0.2, 0.25) is 0 Å². The number of hydrogen-bond acceptors (Lipinski definition) is 1. The largest absolute Gasteiger partial charge is 0.306 e. The molecular weight excluding hydrogens is 218 g/mol. The molecule has 0 bridgehead atoms. The summed E-state index contributed by atoms with van der Waals surface area (Å²) < 4.78 is 0. The molecule has 0 saturated heterocycles. The lowest BCUT2D eigenvalue weighted by Gasteiger charge is -2.23. The summed E-state index contributed by atoms with van der Waals surface area (Å²) in [7, 11) is 0. The minimum absolute atomic E-state index is 0.343. The van der Waals surface area contributed by atoms with Gasteiger partial charge in [0.2, 0.25) is 0 Å². The zero-order chi connectivity index (χ0) is 12.2. The van der Waals surface area contributed by atoms with Crippen molar-refractivity contribution in [1.29, 1.82) is 0 Å². The Morgan fingerprint density at radius 3 is 2.22 bits per heavy atom. The van der Waals surface area contributed by atoms with E-state index in [0.717, 1.165) is 13.0 Å². The molecule has 18 heavy (non-hydrogen) atoms. The second kappa shape index (κ2) is 5.19. The first kappa shape index (κ1) is 11.2. The summed E-state index contributed by atoms with van der Waals surface area (Å²) >= 11 is 0. The van der Waals surface area contributed by atoms with Gasteiger partial charge in [0.25, 0.3) is 0 Å². The lowest BCUT2D eigenvalue weighted by atomic mass is 9.94. The monoisotopic (exact) mass is 235 g/mol. The van der Waals surface area contributed by atoms with E-state index in [2.05, 4.69) is 72.1 Å². The summed E-state index contributed by atoms with van der Waals surface area (Å²) in [5.41, 5.74) is 4.13. The summed E-state index contributed by atoms with van der Waals surface area (Å²) in [6.07, 6.45) is 3.46. The molecule has 1 N–H and O–H groups in total. The highest BCUT2D eigenvalue weighted by molar-refractivity contribution is 5.67. The Bertz CT molecular complexity index is 528. The van der Waals surface area contributed by atoms with Gasteiger partial charge in [-0.1, -0.05) is 66.7 Å². The SMILES string of the molecule is C1=C(c2ccccc2)CCNC1c1ccccc1. The second-order valence-corrected chi connectivity index (χ2v) is 4.65. The third-order valence-electron chi connectivity index (χ3n) is 3.43. The molecular formula is C17H17N. The second-order valence-electron chi connectivity index (χ2n) is 4.65. The van der Waals surface area contributed by atoms with Crippen molar-refractivity contribution < 1.29 is 0 Å². The Balaban J connectivity index is 1.91. The number of nitrogens with one attached hydrogen (secondary N) is 1. The van der Waals surface area contributed by atoms with Crippen LogP contribution in [-0.2, 0) is 0 Å². The van der Waals surface area contributed by atoms with Crippen molar-refractivity contribution in [3.63, 3.8) is 0 Å². The molecule has 1 nitrogen and oxygen atoms in total. The predicted octanol–water partition coefficient (Wildman–Crippen LogP) is 3.80. The molecule has 1 aliphatic rings. The zero-order valence-electron chi connectivity index (χ0n) is 10.3. The van der Waals surface area contributed by atoms with Gasteiger partial charge in [0, 0.05) is 6.54 Å². The Morgan fingerprint density at radius 2 is 1.50 bits per heavy atom. The van der Waals surface area contributed by atoms with E-state index in [-0.39, 0.29) is 0 Å². The molecule has 0 aromatic heterocycles. The Morgan fingerprint density at radius 1 is 0.833 bits per heavy atom. The molecule has 90 valence electrons. The number of benzene rings is 2. The summed E-state index contributed by atoms with van der Waals surface area (Å²) in [4.78, 5) is 0. The molecule has 0 amide bonds. The van der Waals surface area contributed by atoms with Gasteiger partial charge in [-0.05, 0) is 23.1 Å². The first-order chi connectivity index (χ1) is 8.93. The summed E-state index contributed by atoms with van der Waals surface area (Å²) in [5.74, 6) is 0. The highest BCUT2D eigenvalue weighted by Gasteiger charge is 2.14. The van der Waals surface area contributed by atoms with E-state index in [0.29, 0.717) is 6.04 Å². The average molecular weight is 235 g/mol. The van der Waals surface area contributed by atoms with Crippen LogP contribution in [0.5, 0.6) is 0 Å². The van der Waals surface area contributed by atoms with Crippen LogP contribution in [0.1, 0.15) is 23.6 Å². The maximum absolute atomic E-state index is 3.56. The van der Waals surface area contributed by atoms with Gasteiger partial charge in [-0.3, -0.25) is 0 Å². The van der Waals surface area contributed by atoms with E-state index in [1.807, 2.05) is 0 Å². The zero-order valence-corrected chi connectivity index (χ0v) is 10.3. The van der Waals surface area contributed by atoms with Gasteiger partial charge in [0.1, 0.15) is 0 Å². The minimum Gasteiger partial charge on any atom is -0.306 e. The molecule has 0 spiro atoms. The smallest absolute Gasteiger partial charge is 0.0512 e. The first-order valence-electron chi connectivity index (χ1n) is 6.48. The Hall–Kier alpha value is -1.86. The van der Waals surface area contributed by atoms with Crippen molar-refractivity contribution in [3.05, 3.63) is 77.9 Å². The van der Waals surface area contributed by atoms with Gasteiger partial charge in [-0.2, -0.15) is 0 Å². The van der Waals surface area contributed by atoms with Crippen LogP contribution in [0.15, 0.2) is 66.7 Å². The fourth-order valence-electron chi connectivity index (χ4n) is 2.47. The predicted molar refractivity (Wildman–Crippen MR) is 76.2 cm³/mol. The minimum atomic E-state index is 0.343. The van der Waals surface area contributed by atoms with E-state index in [1.165, 1.54) is 16.7 Å². The van der Waals surface area contributed by atoms with Crippen LogP contribution in [0, 0.1) is 0 Å². The molecule has 1 heterocycles. The van der Waals surface area contributed by atoms with Crippen LogP contribution in [0.4, 0.5) is 0 Å². The number of rotatable bonds is 2. The first-order valence-corrected chi connectivity index (χ1v) is 6.48. The topological polar surface area (TPSA) is 12.0 Å². The fourth-order valence-corrected chi connectivity index (χ4v) is 2.47. The third-order valence-corrected chi connectivity index (χ3v) is 3.43. The molecule has 1 heteroatoms. The molecule has 0 saturated carbocycles. The third kappa shape index (κ3) is 2.36. The van der Waals surface area contributed by atoms with Gasteiger partial charge < -0.3 is 5.32 Å². The van der Waals surface area contributed by atoms with Gasteiger partial charge in [0.05, 0.1) is 6.04 Å². The Kier molecular flexibility index (Phi) is 3.24. The van der Waals surface area contributed by atoms with Gasteiger partial charge in [-0.25, -0.2) is 0 Å². The van der Waals surface area contributed by atoms with E-state index in [4.69, 9.17) is 0 Å². The van der Waals surface area contributed by atoms with Gasteiger partial charge >= 0.3 is 0 Å². The summed E-state index contributed by atoms with van der Waals surface area (Å²) in [5, 5.41) is 3.56. The van der Waals surface area contributed by atoms with Crippen molar-refractivity contribution in [2.45, 2.75) is 12.5 Å². The summed E-state index contributed by atoms with van der Waals surface area (Å²) in [6.45, 7) is 1.04. The lowest BCUT2D eigenvalue weighted by Crippen LogP contribution is -2.25. The van der Waals surface area contributed by atoms with Crippen LogP contribution >= 0.6 is 0 Å². The van der Waals surface area contributed by atoms with Crippen molar-refractivity contribution in [3.8, 4) is 0 Å². The maximum atomic E-state index is 3.56. The lowest BCUT2D eigenvalue weighted by molar-refractivity contribution is 0.608. The molecule has 0 fully saturated rings. The Labute approximate surface area is 108 Å². The van der Waals surface area contributed by atoms with Crippen molar-refractivity contribution in [2.24, 2.45) is 0 Å². The van der Waals surface area contributed by atoms with Crippen LogP contribution in [0.25, 0.3) is 5.57 Å². The van der Waals surface area contributed by atoms with E-state index in [1.54, 1.807) is 0 Å². The standard InChI is InChI=1S/C17H17N/c1-3-7-14(8-4-1)16-11-12-18-17(13-16)15-9-5-2-6-10-15/h1-10,13,17-18H,11-12H2. The van der Waals surface area contributed by atoms with Crippen LogP contribution < -0.4 is 5.32 Å². The number of hydrogen-bond donors (Lipinski definition) is 1. The van der Waals surface area contributed by atoms with E-state index >= 15 is 0 Å². The molecule has 3 rings (SSSR count). The molecule has 2 aromatic rings. The molecule has 1 aliphatic heterocycles. The average Bonchev–Trinajstić information content (AvgIpc) is 2.49. The molecule has 0 radical (unpaired) electrons. The quantitative estimate of drug-likeness (QED) is 0.834. The van der Waals surface area contributed by atoms with E-state index in [9.17, 15) is 0 Å². The van der Waals surface area contributed by atoms with E-state index < -0.39 is 0 Å². The molecule has 1 unspecified atom stereocenters. The molecule has 2 aromatic carbocycles. The molecule has 0 aliphatic carbocycles. The highest BCUT2D eigenvalue weighted by atomic mass is 14.9. The maximum Gasteiger partial charge on any atom is 0.0512 e. The van der Waals surface area contributed by atoms with Crippen molar-refractivity contribution in [1.82, 2.24) is 5.32 Å². The fraction of sp³-hybridized carbons (Fsp3) is 0.176. The van der Waals surface area contributed by atoms with Crippen molar-refractivity contribution >= 4 is 5.57 Å². The normalized spacial score (nSPS) is 19.3. The molecule has 1 atom stereocenters. The summed E-state index contributed by atoms with van der Waals surface area (Å²) in [6, 6.07) is 21.6. The van der Waals surface area contributed by atoms with Crippen LogP contribution in [-0.4, -0.2) is 6.54 Å².